The number of fused-ring (bicyclic) bond motifs is 1. The lowest BCUT2D eigenvalue weighted by atomic mass is 10.1. The van der Waals surface area contributed by atoms with Crippen molar-refractivity contribution >= 4 is 40.9 Å². The van der Waals surface area contributed by atoms with Gasteiger partial charge in [-0.15, -0.1) is 0 Å². The summed E-state index contributed by atoms with van der Waals surface area (Å²) in [6.07, 6.45) is 2.30. The van der Waals surface area contributed by atoms with Gasteiger partial charge in [0.05, 0.1) is 10.6 Å². The second kappa shape index (κ2) is 9.48. The van der Waals surface area contributed by atoms with Crippen molar-refractivity contribution in [3.8, 4) is 0 Å². The lowest BCUT2D eigenvalue weighted by Crippen LogP contribution is -2.44. The number of rotatable bonds is 4. The van der Waals surface area contributed by atoms with Crippen molar-refractivity contribution in [2.75, 3.05) is 42.5 Å². The first-order valence-electron chi connectivity index (χ1n) is 10.6. The second-order valence-corrected chi connectivity index (χ2v) is 8.33. The molecule has 0 spiro atoms. The molecule has 0 atom stereocenters. The van der Waals surface area contributed by atoms with E-state index in [-0.39, 0.29) is 25.5 Å². The number of nitrogens with one attached hydrogen (secondary N) is 1. The Kier molecular flexibility index (Phi) is 6.50. The maximum absolute atomic E-state index is 13.5. The monoisotopic (exact) mass is 456 g/mol. The zero-order valence-electron chi connectivity index (χ0n) is 17.6. The molecule has 2 heterocycles. The fourth-order valence-corrected chi connectivity index (χ4v) is 4.43. The maximum Gasteiger partial charge on any atom is 0.323 e. The number of carbonyl (C=O) groups is 3. The number of nitrogens with zero attached hydrogens (tertiary/aromatic N) is 3. The summed E-state index contributed by atoms with van der Waals surface area (Å²) in [6.45, 7) is 2.31. The van der Waals surface area contributed by atoms with E-state index in [1.54, 1.807) is 11.0 Å². The van der Waals surface area contributed by atoms with Crippen molar-refractivity contribution in [2.45, 2.75) is 19.4 Å². The highest BCUT2D eigenvalue weighted by Gasteiger charge is 2.28. The highest BCUT2D eigenvalue weighted by molar-refractivity contribution is 6.34. The number of hydrogen-bond donors (Lipinski definition) is 2. The molecule has 0 aliphatic carbocycles. The number of carboxylic acid groups (broad SMARTS) is 1. The normalized spacial score (nSPS) is 15.8. The molecule has 2 aliphatic rings. The molecule has 8 nitrogen and oxygen atoms in total. The zero-order chi connectivity index (χ0) is 22.7. The van der Waals surface area contributed by atoms with Crippen LogP contribution in [-0.2, 0) is 11.3 Å². The molecular formula is C23H25ClN4O4. The first-order valence-corrected chi connectivity index (χ1v) is 11.0. The minimum atomic E-state index is -1.11. The predicted molar refractivity (Wildman–Crippen MR) is 122 cm³/mol. The molecule has 2 aromatic carbocycles. The van der Waals surface area contributed by atoms with Gasteiger partial charge >= 0.3 is 12.0 Å². The number of aliphatic carboxylic acids is 1. The summed E-state index contributed by atoms with van der Waals surface area (Å²) in [6, 6.07) is 12.5. The molecule has 168 valence electrons. The third kappa shape index (κ3) is 4.65. The van der Waals surface area contributed by atoms with E-state index in [2.05, 4.69) is 10.2 Å². The van der Waals surface area contributed by atoms with Gasteiger partial charge in [-0.1, -0.05) is 29.8 Å². The summed E-state index contributed by atoms with van der Waals surface area (Å²) < 4.78 is 0. The van der Waals surface area contributed by atoms with Crippen molar-refractivity contribution in [1.82, 2.24) is 10.2 Å². The van der Waals surface area contributed by atoms with Crippen LogP contribution in [-0.4, -0.2) is 60.6 Å². The van der Waals surface area contributed by atoms with E-state index in [0.717, 1.165) is 37.2 Å². The van der Waals surface area contributed by atoms with Gasteiger partial charge in [-0.25, -0.2) is 4.79 Å². The molecule has 1 fully saturated rings. The van der Waals surface area contributed by atoms with Crippen LogP contribution in [0.4, 0.5) is 16.2 Å². The van der Waals surface area contributed by atoms with Crippen LogP contribution < -0.4 is 15.1 Å². The molecule has 0 aromatic heterocycles. The number of hydrogen-bond acceptors (Lipinski definition) is 4. The number of urea groups is 1. The van der Waals surface area contributed by atoms with E-state index in [0.29, 0.717) is 16.3 Å². The smallest absolute Gasteiger partial charge is 0.323 e. The van der Waals surface area contributed by atoms with E-state index >= 15 is 0 Å². The molecule has 0 radical (unpaired) electrons. The van der Waals surface area contributed by atoms with E-state index in [4.69, 9.17) is 16.7 Å². The third-order valence-electron chi connectivity index (χ3n) is 5.81. The average molecular weight is 457 g/mol. The van der Waals surface area contributed by atoms with Crippen LogP contribution in [0.1, 0.15) is 28.8 Å². The Labute approximate surface area is 191 Å². The summed E-state index contributed by atoms with van der Waals surface area (Å²) in [7, 11) is 0. The number of benzene rings is 2. The molecule has 0 saturated carbocycles. The number of carboxylic acids is 1. The summed E-state index contributed by atoms with van der Waals surface area (Å²) in [5.74, 6) is -1.35. The quantitative estimate of drug-likeness (QED) is 0.737. The molecule has 3 amide bonds. The Morgan fingerprint density at radius 3 is 2.47 bits per heavy atom. The first kappa shape index (κ1) is 22.0. The van der Waals surface area contributed by atoms with Crippen molar-refractivity contribution in [2.24, 2.45) is 0 Å². The standard InChI is InChI=1S/C23H25ClN4O4/c24-19-13-17(26-9-3-4-10-26)7-8-18(19)22(31)28-12-11-27(23(32)25-14-21(29)30)15-16-5-1-2-6-20(16)28/h1-2,5-8,13H,3-4,9-12,14-15H2,(H,25,32)(H,29,30). The van der Waals surface area contributed by atoms with Crippen molar-refractivity contribution in [1.29, 1.82) is 0 Å². The SMILES string of the molecule is O=C(O)CNC(=O)N1CCN(C(=O)c2ccc(N3CCCC3)cc2Cl)c2ccccc2C1. The summed E-state index contributed by atoms with van der Waals surface area (Å²) in [4.78, 5) is 42.1. The van der Waals surface area contributed by atoms with Crippen LogP contribution >= 0.6 is 11.6 Å². The minimum Gasteiger partial charge on any atom is -0.480 e. The Morgan fingerprint density at radius 1 is 1.00 bits per heavy atom. The van der Waals surface area contributed by atoms with Crippen molar-refractivity contribution in [3.63, 3.8) is 0 Å². The van der Waals surface area contributed by atoms with Crippen LogP contribution in [0.3, 0.4) is 0 Å². The van der Waals surface area contributed by atoms with Gasteiger partial charge in [0, 0.05) is 44.1 Å². The Morgan fingerprint density at radius 2 is 1.75 bits per heavy atom. The molecule has 32 heavy (non-hydrogen) atoms. The first-order chi connectivity index (χ1) is 15.4. The molecule has 2 N–H and O–H groups in total. The third-order valence-corrected chi connectivity index (χ3v) is 6.13. The molecule has 4 rings (SSSR count). The van der Waals surface area contributed by atoms with Gasteiger partial charge in [0.2, 0.25) is 0 Å². The zero-order valence-corrected chi connectivity index (χ0v) is 18.3. The second-order valence-electron chi connectivity index (χ2n) is 7.92. The average Bonchev–Trinajstić information content (AvgIpc) is 3.25. The highest BCUT2D eigenvalue weighted by atomic mass is 35.5. The molecule has 9 heteroatoms. The molecular weight excluding hydrogens is 432 g/mol. The van der Waals surface area contributed by atoms with E-state index in [9.17, 15) is 14.4 Å². The lowest BCUT2D eigenvalue weighted by Gasteiger charge is -2.24. The number of halogens is 1. The fraction of sp³-hybridized carbons (Fsp3) is 0.348. The highest BCUT2D eigenvalue weighted by Crippen LogP contribution is 2.31. The van der Waals surface area contributed by atoms with Crippen molar-refractivity contribution < 1.29 is 19.5 Å². The number of para-hydroxylation sites is 1. The van der Waals surface area contributed by atoms with Crippen LogP contribution in [0.25, 0.3) is 0 Å². The molecule has 2 aromatic rings. The minimum absolute atomic E-state index is 0.233. The Balaban J connectivity index is 1.57. The van der Waals surface area contributed by atoms with Gasteiger partial charge in [0.15, 0.2) is 0 Å². The molecule has 0 unspecified atom stereocenters. The van der Waals surface area contributed by atoms with E-state index < -0.39 is 18.5 Å². The van der Waals surface area contributed by atoms with E-state index in [1.807, 2.05) is 36.4 Å². The van der Waals surface area contributed by atoms with Gasteiger partial charge in [-0.3, -0.25) is 9.59 Å². The number of amides is 3. The fourth-order valence-electron chi connectivity index (χ4n) is 4.18. The molecule has 1 saturated heterocycles. The van der Waals surface area contributed by atoms with Gasteiger partial charge in [-0.2, -0.15) is 0 Å². The van der Waals surface area contributed by atoms with Crippen LogP contribution in [0, 0.1) is 0 Å². The number of anilines is 2. The summed E-state index contributed by atoms with van der Waals surface area (Å²) in [5.41, 5.74) is 2.94. The summed E-state index contributed by atoms with van der Waals surface area (Å²) >= 11 is 6.54. The molecule has 2 aliphatic heterocycles. The topological polar surface area (TPSA) is 93.2 Å². The largest absolute Gasteiger partial charge is 0.480 e. The van der Waals surface area contributed by atoms with E-state index in [1.165, 1.54) is 4.90 Å². The van der Waals surface area contributed by atoms with Gasteiger partial charge in [0.1, 0.15) is 6.54 Å². The van der Waals surface area contributed by atoms with Gasteiger partial charge < -0.3 is 25.1 Å². The van der Waals surface area contributed by atoms with Crippen LogP contribution in [0.15, 0.2) is 42.5 Å². The predicted octanol–water partition coefficient (Wildman–Crippen LogP) is 3.20. The molecule has 0 bridgehead atoms. The maximum atomic E-state index is 13.5. The Hall–Kier alpha value is -3.26. The summed E-state index contributed by atoms with van der Waals surface area (Å²) in [5, 5.41) is 11.6. The number of carbonyl (C=O) groups excluding carboxylic acids is 2. The Bertz CT molecular complexity index is 1040. The van der Waals surface area contributed by atoms with Crippen LogP contribution in [0.5, 0.6) is 0 Å². The lowest BCUT2D eigenvalue weighted by molar-refractivity contribution is -0.135. The van der Waals surface area contributed by atoms with Crippen LogP contribution in [0.2, 0.25) is 5.02 Å². The van der Waals surface area contributed by atoms with Crippen molar-refractivity contribution in [3.05, 3.63) is 58.6 Å². The van der Waals surface area contributed by atoms with Gasteiger partial charge in [-0.05, 0) is 42.7 Å². The van der Waals surface area contributed by atoms with Gasteiger partial charge in [0.25, 0.3) is 5.91 Å².